The second-order valence-electron chi connectivity index (χ2n) is 2.76. The van der Waals surface area contributed by atoms with E-state index in [1.54, 1.807) is 6.08 Å². The van der Waals surface area contributed by atoms with Crippen LogP contribution in [0.5, 0.6) is 0 Å². The summed E-state index contributed by atoms with van der Waals surface area (Å²) in [5.74, 6) is -0.914. The van der Waals surface area contributed by atoms with Crippen LogP contribution >= 0.6 is 15.9 Å². The Hall–Kier alpha value is -1.16. The number of carboxylic acid groups (broad SMARTS) is 1. The van der Waals surface area contributed by atoms with Gasteiger partial charge < -0.3 is 5.11 Å². The zero-order chi connectivity index (χ0) is 9.42. The van der Waals surface area contributed by atoms with Crippen molar-refractivity contribution >= 4 is 28.0 Å². The standard InChI is InChI=1S/C9H6BrNO2/c10-6-3-1-2-5-4-7(9(12)13)11-8(5)6/h1-4,7H,(H,12,13)/t7-/m1/s1. The highest BCUT2D eigenvalue weighted by Gasteiger charge is 2.16. The zero-order valence-corrected chi connectivity index (χ0v) is 8.15. The van der Waals surface area contributed by atoms with Gasteiger partial charge in [0.1, 0.15) is 0 Å². The summed E-state index contributed by atoms with van der Waals surface area (Å²) in [4.78, 5) is 14.7. The molecule has 0 saturated heterocycles. The summed E-state index contributed by atoms with van der Waals surface area (Å²) in [5.41, 5.74) is 0. The Kier molecular flexibility index (Phi) is 1.92. The molecular weight excluding hydrogens is 234 g/mol. The Bertz CT molecular complexity index is 481. The van der Waals surface area contributed by atoms with Gasteiger partial charge in [0, 0.05) is 4.47 Å². The maximum absolute atomic E-state index is 10.6. The number of benzene rings is 1. The first-order valence-electron chi connectivity index (χ1n) is 3.75. The Morgan fingerprint density at radius 2 is 2.31 bits per heavy atom. The number of aliphatic carboxylic acids is 1. The van der Waals surface area contributed by atoms with Gasteiger partial charge >= 0.3 is 5.97 Å². The third kappa shape index (κ3) is 1.37. The van der Waals surface area contributed by atoms with E-state index >= 15 is 0 Å². The molecule has 1 aromatic rings. The Balaban J connectivity index is 2.67. The van der Waals surface area contributed by atoms with Crippen LogP contribution in [0.4, 0.5) is 0 Å². The van der Waals surface area contributed by atoms with Crippen molar-refractivity contribution in [1.82, 2.24) is 0 Å². The first kappa shape index (κ1) is 8.44. The van der Waals surface area contributed by atoms with Crippen molar-refractivity contribution in [2.24, 2.45) is 4.99 Å². The summed E-state index contributed by atoms with van der Waals surface area (Å²) < 4.78 is 0.838. The van der Waals surface area contributed by atoms with Gasteiger partial charge in [-0.15, -0.1) is 0 Å². The van der Waals surface area contributed by atoms with Crippen molar-refractivity contribution in [3.8, 4) is 0 Å². The van der Waals surface area contributed by atoms with E-state index in [9.17, 15) is 4.79 Å². The SMILES string of the molecule is O=C(O)[C@H]1C=c2cccc(Br)c2=N1. The lowest BCUT2D eigenvalue weighted by molar-refractivity contribution is -0.136. The van der Waals surface area contributed by atoms with Crippen molar-refractivity contribution in [3.63, 3.8) is 0 Å². The normalized spacial score (nSPS) is 18.7. The van der Waals surface area contributed by atoms with Crippen LogP contribution in [0.2, 0.25) is 0 Å². The number of carbonyl (C=O) groups is 1. The Morgan fingerprint density at radius 1 is 1.54 bits per heavy atom. The molecule has 2 rings (SSSR count). The topological polar surface area (TPSA) is 49.7 Å². The van der Waals surface area contributed by atoms with Crippen molar-refractivity contribution in [2.45, 2.75) is 6.04 Å². The van der Waals surface area contributed by atoms with Crippen molar-refractivity contribution in [1.29, 1.82) is 0 Å². The zero-order valence-electron chi connectivity index (χ0n) is 6.57. The molecule has 0 unspecified atom stereocenters. The quantitative estimate of drug-likeness (QED) is 0.768. The molecule has 1 aliphatic rings. The van der Waals surface area contributed by atoms with Crippen LogP contribution in [0, 0.1) is 0 Å². The van der Waals surface area contributed by atoms with E-state index in [1.165, 1.54) is 0 Å². The molecule has 0 saturated carbocycles. The largest absolute Gasteiger partial charge is 0.479 e. The second kappa shape index (κ2) is 2.96. The van der Waals surface area contributed by atoms with Crippen LogP contribution in [0.3, 0.4) is 0 Å². The van der Waals surface area contributed by atoms with Gasteiger partial charge in [-0.1, -0.05) is 12.1 Å². The molecule has 1 aromatic carbocycles. The van der Waals surface area contributed by atoms with E-state index in [0.717, 1.165) is 15.0 Å². The van der Waals surface area contributed by atoms with Gasteiger partial charge in [-0.25, -0.2) is 4.79 Å². The fraction of sp³-hybridized carbons (Fsp3) is 0.111. The minimum absolute atomic E-state index is 0.728. The van der Waals surface area contributed by atoms with Gasteiger partial charge in [0.25, 0.3) is 0 Å². The summed E-state index contributed by atoms with van der Waals surface area (Å²) in [5, 5.41) is 10.3. The van der Waals surface area contributed by atoms with Crippen LogP contribution in [0.15, 0.2) is 27.7 Å². The molecular formula is C9H6BrNO2. The van der Waals surface area contributed by atoms with Gasteiger partial charge in [0.2, 0.25) is 0 Å². The lowest BCUT2D eigenvalue weighted by Gasteiger charge is -1.93. The Labute approximate surface area is 82.5 Å². The molecule has 0 fully saturated rings. The highest BCUT2D eigenvalue weighted by atomic mass is 79.9. The molecule has 0 radical (unpaired) electrons. The minimum atomic E-state index is -0.914. The van der Waals surface area contributed by atoms with E-state index in [1.807, 2.05) is 18.2 Å². The number of rotatable bonds is 1. The van der Waals surface area contributed by atoms with Gasteiger partial charge in [-0.2, -0.15) is 0 Å². The van der Waals surface area contributed by atoms with Gasteiger partial charge in [-0.05, 0) is 33.3 Å². The molecule has 1 heterocycles. The minimum Gasteiger partial charge on any atom is -0.479 e. The number of hydrogen-bond donors (Lipinski definition) is 1. The van der Waals surface area contributed by atoms with Crippen molar-refractivity contribution in [2.75, 3.05) is 0 Å². The molecule has 13 heavy (non-hydrogen) atoms. The summed E-state index contributed by atoms with van der Waals surface area (Å²) in [6.07, 6.45) is 1.64. The van der Waals surface area contributed by atoms with Crippen molar-refractivity contribution < 1.29 is 9.90 Å². The van der Waals surface area contributed by atoms with E-state index < -0.39 is 12.0 Å². The Morgan fingerprint density at radius 3 is 2.92 bits per heavy atom. The van der Waals surface area contributed by atoms with E-state index in [-0.39, 0.29) is 0 Å². The average molecular weight is 240 g/mol. The maximum Gasteiger partial charge on any atom is 0.332 e. The van der Waals surface area contributed by atoms with Gasteiger partial charge in [0.05, 0.1) is 5.36 Å². The molecule has 1 atom stereocenters. The second-order valence-corrected chi connectivity index (χ2v) is 3.61. The lowest BCUT2D eigenvalue weighted by Crippen LogP contribution is -2.21. The predicted octanol–water partition coefficient (Wildman–Crippen LogP) is 0.316. The first-order chi connectivity index (χ1) is 6.18. The van der Waals surface area contributed by atoms with E-state index in [0.29, 0.717) is 0 Å². The molecule has 4 heteroatoms. The summed E-state index contributed by atoms with van der Waals surface area (Å²) in [7, 11) is 0. The van der Waals surface area contributed by atoms with Gasteiger partial charge in [-0.3, -0.25) is 4.99 Å². The molecule has 0 aromatic heterocycles. The fourth-order valence-corrected chi connectivity index (χ4v) is 1.76. The van der Waals surface area contributed by atoms with Crippen LogP contribution in [0.25, 0.3) is 6.08 Å². The lowest BCUT2D eigenvalue weighted by atomic mass is 10.2. The third-order valence-corrected chi connectivity index (χ3v) is 2.52. The van der Waals surface area contributed by atoms with Crippen LogP contribution in [0.1, 0.15) is 0 Å². The average Bonchev–Trinajstić information content (AvgIpc) is 2.49. The smallest absolute Gasteiger partial charge is 0.332 e. The number of carboxylic acids is 1. The number of nitrogens with zero attached hydrogens (tertiary/aromatic N) is 1. The summed E-state index contributed by atoms with van der Waals surface area (Å²) >= 11 is 3.32. The van der Waals surface area contributed by atoms with Crippen LogP contribution in [-0.2, 0) is 4.79 Å². The van der Waals surface area contributed by atoms with E-state index in [2.05, 4.69) is 20.9 Å². The predicted molar refractivity (Wildman–Crippen MR) is 50.8 cm³/mol. The van der Waals surface area contributed by atoms with Gasteiger partial charge in [0.15, 0.2) is 6.04 Å². The third-order valence-electron chi connectivity index (χ3n) is 1.88. The number of para-hydroxylation sites is 1. The number of fused-ring (bicyclic) bond motifs is 1. The summed E-state index contributed by atoms with van der Waals surface area (Å²) in [6.45, 7) is 0. The molecule has 0 spiro atoms. The van der Waals surface area contributed by atoms with Crippen LogP contribution in [-0.4, -0.2) is 17.1 Å². The molecule has 1 N–H and O–H groups in total. The summed E-state index contributed by atoms with van der Waals surface area (Å²) in [6, 6.07) is 4.83. The highest BCUT2D eigenvalue weighted by molar-refractivity contribution is 9.10. The number of halogens is 1. The monoisotopic (exact) mass is 239 g/mol. The van der Waals surface area contributed by atoms with Crippen LogP contribution < -0.4 is 10.6 Å². The highest BCUT2D eigenvalue weighted by Crippen LogP contribution is 2.03. The first-order valence-corrected chi connectivity index (χ1v) is 4.55. The molecule has 0 amide bonds. The molecule has 0 bridgehead atoms. The maximum atomic E-state index is 10.6. The number of hydrogen-bond acceptors (Lipinski definition) is 2. The fourth-order valence-electron chi connectivity index (χ4n) is 1.28. The van der Waals surface area contributed by atoms with Crippen molar-refractivity contribution in [3.05, 3.63) is 33.2 Å². The molecule has 3 nitrogen and oxygen atoms in total. The molecule has 0 aliphatic carbocycles. The molecule has 66 valence electrons. The van der Waals surface area contributed by atoms with E-state index in [4.69, 9.17) is 5.11 Å². The molecule has 1 aliphatic heterocycles.